The quantitative estimate of drug-likeness (QED) is 0.477. The lowest BCUT2D eigenvalue weighted by atomic mass is 10.1. The standard InChI is InChI=1S/C22H20FN7O2/c1-22(6-7-22)21(31)27-16-11-26-19(28-18(16)24)15-10-17(20-25-8-9-32-20)30(29-15)12-13-4-2-3-5-14(13)23/h2-5,8-11H,6-7,12H2,1H3,(H,27,31)(H2,24,26,28). The van der Waals surface area contributed by atoms with E-state index in [1.807, 2.05) is 6.92 Å². The lowest BCUT2D eigenvalue weighted by Gasteiger charge is -2.11. The summed E-state index contributed by atoms with van der Waals surface area (Å²) < 4.78 is 21.2. The molecule has 1 aromatic carbocycles. The number of nitrogens with zero attached hydrogens (tertiary/aromatic N) is 5. The summed E-state index contributed by atoms with van der Waals surface area (Å²) in [5, 5.41) is 7.32. The molecule has 1 aliphatic carbocycles. The Hall–Kier alpha value is -4.08. The first kappa shape index (κ1) is 19.9. The molecule has 0 saturated heterocycles. The summed E-state index contributed by atoms with van der Waals surface area (Å²) >= 11 is 0. The minimum absolute atomic E-state index is 0.0964. The number of oxazole rings is 1. The zero-order chi connectivity index (χ0) is 22.3. The number of aromatic nitrogens is 5. The molecule has 4 aromatic rings. The third-order valence-corrected chi connectivity index (χ3v) is 5.55. The molecule has 0 atom stereocenters. The van der Waals surface area contributed by atoms with Gasteiger partial charge in [0.05, 0.1) is 18.9 Å². The molecule has 32 heavy (non-hydrogen) atoms. The highest BCUT2D eigenvalue weighted by molar-refractivity contribution is 5.98. The fourth-order valence-electron chi connectivity index (χ4n) is 3.26. The van der Waals surface area contributed by atoms with E-state index in [0.717, 1.165) is 12.8 Å². The molecule has 1 amide bonds. The Kier molecular flexibility index (Phi) is 4.69. The fraction of sp³-hybridized carbons (Fsp3) is 0.227. The SMILES string of the molecule is CC1(C(=O)Nc2cnc(-c3cc(-c4ncco4)n(Cc4ccccc4F)n3)nc2N)CC1. The Bertz CT molecular complexity index is 1300. The van der Waals surface area contributed by atoms with Gasteiger partial charge in [-0.1, -0.05) is 25.1 Å². The second-order valence-electron chi connectivity index (χ2n) is 8.01. The average molecular weight is 433 g/mol. The molecule has 1 fully saturated rings. The number of carbonyl (C=O) groups excluding carboxylic acids is 1. The van der Waals surface area contributed by atoms with E-state index < -0.39 is 0 Å². The van der Waals surface area contributed by atoms with E-state index in [4.69, 9.17) is 10.2 Å². The van der Waals surface area contributed by atoms with Crippen LogP contribution in [0.25, 0.3) is 23.1 Å². The molecule has 0 bridgehead atoms. The van der Waals surface area contributed by atoms with Gasteiger partial charge in [-0.05, 0) is 18.9 Å². The Morgan fingerprint density at radius 2 is 2.12 bits per heavy atom. The van der Waals surface area contributed by atoms with Gasteiger partial charge in [0.15, 0.2) is 11.6 Å². The minimum atomic E-state index is -0.346. The van der Waals surface area contributed by atoms with Gasteiger partial charge >= 0.3 is 0 Å². The zero-order valence-electron chi connectivity index (χ0n) is 17.2. The summed E-state index contributed by atoms with van der Waals surface area (Å²) in [7, 11) is 0. The number of benzene rings is 1. The van der Waals surface area contributed by atoms with Gasteiger partial charge in [-0.2, -0.15) is 5.10 Å². The van der Waals surface area contributed by atoms with Crippen LogP contribution in [0, 0.1) is 11.2 Å². The highest BCUT2D eigenvalue weighted by Crippen LogP contribution is 2.45. The van der Waals surface area contributed by atoms with Gasteiger partial charge in [-0.3, -0.25) is 9.48 Å². The summed E-state index contributed by atoms with van der Waals surface area (Å²) in [6.07, 6.45) is 6.12. The van der Waals surface area contributed by atoms with Crippen molar-refractivity contribution >= 4 is 17.4 Å². The number of carbonyl (C=O) groups is 1. The fourth-order valence-corrected chi connectivity index (χ4v) is 3.26. The van der Waals surface area contributed by atoms with Crippen molar-refractivity contribution in [2.24, 2.45) is 5.41 Å². The molecule has 5 rings (SSSR count). The van der Waals surface area contributed by atoms with Crippen molar-refractivity contribution in [2.45, 2.75) is 26.3 Å². The average Bonchev–Trinajstić information content (AvgIpc) is 3.17. The first-order chi connectivity index (χ1) is 15.4. The highest BCUT2D eigenvalue weighted by atomic mass is 19.1. The van der Waals surface area contributed by atoms with Gasteiger partial charge in [0, 0.05) is 17.0 Å². The molecule has 3 aromatic heterocycles. The minimum Gasteiger partial charge on any atom is -0.443 e. The third-order valence-electron chi connectivity index (χ3n) is 5.55. The van der Waals surface area contributed by atoms with Crippen LogP contribution in [0.4, 0.5) is 15.9 Å². The smallest absolute Gasteiger partial charge is 0.244 e. The molecular formula is C22H20FN7O2. The number of hydrogen-bond donors (Lipinski definition) is 2. The second kappa shape index (κ2) is 7.56. The maximum atomic E-state index is 14.2. The molecule has 3 N–H and O–H groups in total. The number of rotatable bonds is 6. The van der Waals surface area contributed by atoms with Crippen molar-refractivity contribution < 1.29 is 13.6 Å². The second-order valence-corrected chi connectivity index (χ2v) is 8.01. The number of nitrogens with one attached hydrogen (secondary N) is 1. The van der Waals surface area contributed by atoms with Crippen LogP contribution in [0.3, 0.4) is 0 Å². The van der Waals surface area contributed by atoms with Crippen molar-refractivity contribution in [1.82, 2.24) is 24.7 Å². The van der Waals surface area contributed by atoms with Gasteiger partial charge in [-0.15, -0.1) is 0 Å². The molecule has 1 saturated carbocycles. The summed E-state index contributed by atoms with van der Waals surface area (Å²) in [6.45, 7) is 2.06. The van der Waals surface area contributed by atoms with E-state index in [-0.39, 0.29) is 35.3 Å². The van der Waals surface area contributed by atoms with Gasteiger partial charge in [0.2, 0.25) is 11.8 Å². The van der Waals surface area contributed by atoms with Crippen LogP contribution in [0.5, 0.6) is 0 Å². The molecular weight excluding hydrogens is 413 g/mol. The van der Waals surface area contributed by atoms with Crippen molar-refractivity contribution in [2.75, 3.05) is 11.1 Å². The molecule has 10 heteroatoms. The van der Waals surface area contributed by atoms with E-state index in [0.29, 0.717) is 28.5 Å². The van der Waals surface area contributed by atoms with Gasteiger partial charge < -0.3 is 15.5 Å². The molecule has 0 unspecified atom stereocenters. The summed E-state index contributed by atoms with van der Waals surface area (Å²) in [5.74, 6) is 0.288. The normalized spacial score (nSPS) is 14.3. The number of hydrogen-bond acceptors (Lipinski definition) is 7. The van der Waals surface area contributed by atoms with Crippen LogP contribution in [-0.2, 0) is 11.3 Å². The lowest BCUT2D eigenvalue weighted by Crippen LogP contribution is -2.22. The highest BCUT2D eigenvalue weighted by Gasteiger charge is 2.45. The maximum absolute atomic E-state index is 14.2. The predicted molar refractivity (Wildman–Crippen MR) is 115 cm³/mol. The Labute approximate surface area is 182 Å². The van der Waals surface area contributed by atoms with E-state index in [1.54, 1.807) is 28.9 Å². The molecule has 0 spiro atoms. The Morgan fingerprint density at radius 1 is 1.31 bits per heavy atom. The van der Waals surface area contributed by atoms with E-state index in [1.165, 1.54) is 24.7 Å². The molecule has 1 aliphatic rings. The van der Waals surface area contributed by atoms with Crippen LogP contribution in [0.15, 0.2) is 53.4 Å². The summed E-state index contributed by atoms with van der Waals surface area (Å²) in [5.41, 5.74) is 7.49. The lowest BCUT2D eigenvalue weighted by molar-refractivity contribution is -0.120. The topological polar surface area (TPSA) is 125 Å². The number of anilines is 2. The molecule has 162 valence electrons. The Morgan fingerprint density at radius 3 is 2.81 bits per heavy atom. The molecule has 0 aliphatic heterocycles. The number of nitrogen functional groups attached to an aromatic ring is 1. The molecule has 9 nitrogen and oxygen atoms in total. The first-order valence-electron chi connectivity index (χ1n) is 10.1. The van der Waals surface area contributed by atoms with Crippen molar-refractivity contribution in [1.29, 1.82) is 0 Å². The summed E-state index contributed by atoms with van der Waals surface area (Å²) in [4.78, 5) is 25.1. The van der Waals surface area contributed by atoms with E-state index in [9.17, 15) is 9.18 Å². The monoisotopic (exact) mass is 433 g/mol. The van der Waals surface area contributed by atoms with Crippen molar-refractivity contribution in [3.8, 4) is 23.1 Å². The van der Waals surface area contributed by atoms with E-state index >= 15 is 0 Å². The van der Waals surface area contributed by atoms with Crippen LogP contribution in [-0.4, -0.2) is 30.6 Å². The number of nitrogens with two attached hydrogens (primary N) is 1. The van der Waals surface area contributed by atoms with Gasteiger partial charge in [0.1, 0.15) is 29.2 Å². The van der Waals surface area contributed by atoms with Gasteiger partial charge in [-0.25, -0.2) is 19.3 Å². The first-order valence-corrected chi connectivity index (χ1v) is 10.1. The molecule has 0 radical (unpaired) electrons. The van der Waals surface area contributed by atoms with Crippen LogP contribution in [0.2, 0.25) is 0 Å². The number of halogens is 1. The van der Waals surface area contributed by atoms with E-state index in [2.05, 4.69) is 25.4 Å². The van der Waals surface area contributed by atoms with Gasteiger partial charge in [0.25, 0.3) is 0 Å². The number of amides is 1. The van der Waals surface area contributed by atoms with Crippen LogP contribution in [0.1, 0.15) is 25.3 Å². The molecule has 3 heterocycles. The third kappa shape index (κ3) is 3.70. The van der Waals surface area contributed by atoms with Crippen LogP contribution >= 0.6 is 0 Å². The van der Waals surface area contributed by atoms with Crippen LogP contribution < -0.4 is 11.1 Å². The zero-order valence-corrected chi connectivity index (χ0v) is 17.2. The maximum Gasteiger partial charge on any atom is 0.244 e. The Balaban J connectivity index is 1.48. The largest absolute Gasteiger partial charge is 0.443 e. The van der Waals surface area contributed by atoms with Crippen molar-refractivity contribution in [3.63, 3.8) is 0 Å². The summed E-state index contributed by atoms with van der Waals surface area (Å²) in [6, 6.07) is 8.16. The van der Waals surface area contributed by atoms with Crippen molar-refractivity contribution in [3.05, 3.63) is 60.4 Å². The predicted octanol–water partition coefficient (Wildman–Crippen LogP) is 3.50.